The second-order valence-corrected chi connectivity index (χ2v) is 5.46. The lowest BCUT2D eigenvalue weighted by Crippen LogP contribution is -2.01. The summed E-state index contributed by atoms with van der Waals surface area (Å²) in [6.45, 7) is 6.38. The Hall–Kier alpha value is -0.900. The summed E-state index contributed by atoms with van der Waals surface area (Å²) in [4.78, 5) is 16.8. The summed E-state index contributed by atoms with van der Waals surface area (Å²) < 4.78 is 4.63. The molecule has 1 aromatic heterocycles. The summed E-state index contributed by atoms with van der Waals surface area (Å²) in [5.41, 5.74) is 1.06. The van der Waals surface area contributed by atoms with Crippen molar-refractivity contribution in [1.29, 1.82) is 0 Å². The van der Waals surface area contributed by atoms with Crippen molar-refractivity contribution in [3.63, 3.8) is 0 Å². The van der Waals surface area contributed by atoms with E-state index in [4.69, 9.17) is 0 Å². The Bertz CT molecular complexity index is 358. The molecule has 0 saturated heterocycles. The average Bonchev–Trinajstić information content (AvgIpc) is 2.54. The van der Waals surface area contributed by atoms with Crippen LogP contribution in [0.15, 0.2) is 0 Å². The molecular formula is C12H19NO2S. The van der Waals surface area contributed by atoms with Gasteiger partial charge in [-0.25, -0.2) is 4.98 Å². The molecule has 0 saturated carbocycles. The highest BCUT2D eigenvalue weighted by Gasteiger charge is 2.10. The summed E-state index contributed by atoms with van der Waals surface area (Å²) >= 11 is 1.72. The van der Waals surface area contributed by atoms with Gasteiger partial charge in [0.2, 0.25) is 0 Å². The number of hydrogen-bond acceptors (Lipinski definition) is 4. The molecule has 4 heteroatoms. The number of aromatic nitrogens is 1. The van der Waals surface area contributed by atoms with E-state index in [1.54, 1.807) is 11.3 Å². The van der Waals surface area contributed by atoms with Gasteiger partial charge in [0.25, 0.3) is 0 Å². The van der Waals surface area contributed by atoms with Gasteiger partial charge >= 0.3 is 5.97 Å². The monoisotopic (exact) mass is 241 g/mol. The van der Waals surface area contributed by atoms with Crippen molar-refractivity contribution in [2.75, 3.05) is 7.11 Å². The molecular weight excluding hydrogens is 222 g/mol. The van der Waals surface area contributed by atoms with E-state index in [-0.39, 0.29) is 5.97 Å². The molecule has 0 spiro atoms. The largest absolute Gasteiger partial charge is 0.469 e. The van der Waals surface area contributed by atoms with E-state index >= 15 is 0 Å². The van der Waals surface area contributed by atoms with Crippen LogP contribution in [0.4, 0.5) is 0 Å². The quantitative estimate of drug-likeness (QED) is 0.744. The first-order valence-electron chi connectivity index (χ1n) is 5.55. The minimum atomic E-state index is -0.154. The first kappa shape index (κ1) is 13.2. The molecule has 1 rings (SSSR count). The molecule has 0 unspecified atom stereocenters. The molecule has 3 nitrogen and oxygen atoms in total. The van der Waals surface area contributed by atoms with Crippen LogP contribution in [0.25, 0.3) is 0 Å². The van der Waals surface area contributed by atoms with Gasteiger partial charge in [-0.1, -0.05) is 13.8 Å². The van der Waals surface area contributed by atoms with Crippen LogP contribution in [0.2, 0.25) is 0 Å². The Labute approximate surface area is 101 Å². The fourth-order valence-corrected chi connectivity index (χ4v) is 2.76. The van der Waals surface area contributed by atoms with Crippen LogP contribution in [0.3, 0.4) is 0 Å². The molecule has 0 fully saturated rings. The number of esters is 1. The van der Waals surface area contributed by atoms with Gasteiger partial charge in [0.15, 0.2) is 0 Å². The van der Waals surface area contributed by atoms with Gasteiger partial charge in [-0.15, -0.1) is 11.3 Å². The first-order chi connectivity index (χ1) is 7.52. The predicted molar refractivity (Wildman–Crippen MR) is 65.7 cm³/mol. The molecule has 0 aromatic carbocycles. The van der Waals surface area contributed by atoms with E-state index in [1.165, 1.54) is 17.0 Å². The minimum absolute atomic E-state index is 0.154. The van der Waals surface area contributed by atoms with Crippen LogP contribution in [-0.4, -0.2) is 18.1 Å². The van der Waals surface area contributed by atoms with Gasteiger partial charge < -0.3 is 4.74 Å². The maximum atomic E-state index is 11.0. The van der Waals surface area contributed by atoms with Crippen molar-refractivity contribution in [2.45, 2.75) is 40.0 Å². The van der Waals surface area contributed by atoms with E-state index in [1.807, 2.05) is 6.92 Å². The summed E-state index contributed by atoms with van der Waals surface area (Å²) in [5, 5.41) is 1.17. The molecule has 90 valence electrons. The Balaban J connectivity index is 2.59. The van der Waals surface area contributed by atoms with E-state index in [0.717, 1.165) is 18.5 Å². The molecule has 0 bridgehead atoms. The summed E-state index contributed by atoms with van der Waals surface area (Å²) in [6, 6.07) is 0. The van der Waals surface area contributed by atoms with E-state index in [9.17, 15) is 4.79 Å². The standard InChI is InChI=1S/C12H19NO2S/c1-8(2)7-11-13-9(3)10(16-11)5-6-12(14)15-4/h8H,5-7H2,1-4H3. The number of rotatable bonds is 5. The lowest BCUT2D eigenvalue weighted by Gasteiger charge is -1.98. The zero-order valence-corrected chi connectivity index (χ0v) is 11.2. The fourth-order valence-electron chi connectivity index (χ4n) is 1.47. The zero-order chi connectivity index (χ0) is 12.1. The van der Waals surface area contributed by atoms with Gasteiger partial charge in [0.1, 0.15) is 0 Å². The van der Waals surface area contributed by atoms with Crippen LogP contribution in [-0.2, 0) is 22.4 Å². The van der Waals surface area contributed by atoms with Crippen LogP contribution < -0.4 is 0 Å². The Morgan fingerprint density at radius 3 is 2.75 bits per heavy atom. The minimum Gasteiger partial charge on any atom is -0.469 e. The molecule has 1 heterocycles. The topological polar surface area (TPSA) is 39.2 Å². The van der Waals surface area contributed by atoms with Crippen LogP contribution >= 0.6 is 11.3 Å². The van der Waals surface area contributed by atoms with Crippen LogP contribution in [0.1, 0.15) is 35.8 Å². The van der Waals surface area contributed by atoms with Crippen molar-refractivity contribution >= 4 is 17.3 Å². The highest BCUT2D eigenvalue weighted by atomic mass is 32.1. The third-order valence-electron chi connectivity index (χ3n) is 2.30. The Kier molecular flexibility index (Phi) is 4.93. The Morgan fingerprint density at radius 1 is 1.50 bits per heavy atom. The molecule has 16 heavy (non-hydrogen) atoms. The maximum absolute atomic E-state index is 11.0. The van der Waals surface area contributed by atoms with Crippen molar-refractivity contribution in [1.82, 2.24) is 4.98 Å². The Morgan fingerprint density at radius 2 is 2.19 bits per heavy atom. The van der Waals surface area contributed by atoms with Gasteiger partial charge in [-0.05, 0) is 19.3 Å². The van der Waals surface area contributed by atoms with Gasteiger partial charge in [0, 0.05) is 11.3 Å². The van der Waals surface area contributed by atoms with Gasteiger partial charge in [0.05, 0.1) is 24.2 Å². The van der Waals surface area contributed by atoms with Crippen molar-refractivity contribution in [3.05, 3.63) is 15.6 Å². The number of aryl methyl sites for hydroxylation is 2. The van der Waals surface area contributed by atoms with Crippen LogP contribution in [0.5, 0.6) is 0 Å². The number of methoxy groups -OCH3 is 1. The SMILES string of the molecule is COC(=O)CCc1sc(CC(C)C)nc1C. The van der Waals surface area contributed by atoms with Gasteiger partial charge in [-0.3, -0.25) is 4.79 Å². The van der Waals surface area contributed by atoms with Gasteiger partial charge in [-0.2, -0.15) is 0 Å². The van der Waals surface area contributed by atoms with E-state index in [2.05, 4.69) is 23.6 Å². The van der Waals surface area contributed by atoms with Crippen LogP contribution in [0, 0.1) is 12.8 Å². The number of hydrogen-bond donors (Lipinski definition) is 0. The summed E-state index contributed by atoms with van der Waals surface area (Å²) in [5.74, 6) is 0.470. The average molecular weight is 241 g/mol. The molecule has 1 aromatic rings. The first-order valence-corrected chi connectivity index (χ1v) is 6.36. The second-order valence-electron chi connectivity index (χ2n) is 4.29. The second kappa shape index (κ2) is 5.99. The summed E-state index contributed by atoms with van der Waals surface area (Å²) in [6.07, 6.45) is 2.21. The normalized spacial score (nSPS) is 10.8. The molecule has 0 radical (unpaired) electrons. The van der Waals surface area contributed by atoms with Crippen molar-refractivity contribution in [2.24, 2.45) is 5.92 Å². The highest BCUT2D eigenvalue weighted by molar-refractivity contribution is 7.11. The third-order valence-corrected chi connectivity index (χ3v) is 3.54. The lowest BCUT2D eigenvalue weighted by atomic mass is 10.1. The fraction of sp³-hybridized carbons (Fsp3) is 0.667. The lowest BCUT2D eigenvalue weighted by molar-refractivity contribution is -0.140. The number of nitrogens with zero attached hydrogens (tertiary/aromatic N) is 1. The maximum Gasteiger partial charge on any atom is 0.305 e. The van der Waals surface area contributed by atoms with E-state index in [0.29, 0.717) is 12.3 Å². The molecule has 0 N–H and O–H groups in total. The number of carbonyl (C=O) groups is 1. The molecule has 0 aliphatic heterocycles. The summed E-state index contributed by atoms with van der Waals surface area (Å²) in [7, 11) is 1.42. The molecule has 0 amide bonds. The third kappa shape index (κ3) is 3.93. The predicted octanol–water partition coefficient (Wildman–Crippen LogP) is 2.76. The number of thiazole rings is 1. The van der Waals surface area contributed by atoms with E-state index < -0.39 is 0 Å². The smallest absolute Gasteiger partial charge is 0.305 e. The van der Waals surface area contributed by atoms with Crippen molar-refractivity contribution in [3.8, 4) is 0 Å². The molecule has 0 aliphatic rings. The molecule has 0 atom stereocenters. The van der Waals surface area contributed by atoms with Crippen molar-refractivity contribution < 1.29 is 9.53 Å². The molecule has 0 aliphatic carbocycles. The zero-order valence-electron chi connectivity index (χ0n) is 10.4. The number of ether oxygens (including phenoxy) is 1. The number of carbonyl (C=O) groups excluding carboxylic acids is 1. The highest BCUT2D eigenvalue weighted by Crippen LogP contribution is 2.22.